The van der Waals surface area contributed by atoms with Crippen molar-refractivity contribution in [2.24, 2.45) is 0 Å². The maximum absolute atomic E-state index is 12.4. The van der Waals surface area contributed by atoms with Crippen LogP contribution in [-0.4, -0.2) is 44.1 Å². The van der Waals surface area contributed by atoms with E-state index in [0.29, 0.717) is 22.2 Å². The summed E-state index contributed by atoms with van der Waals surface area (Å²) in [5.41, 5.74) is -0.0450. The number of rotatable bonds is 5. The van der Waals surface area contributed by atoms with Gasteiger partial charge in [0, 0.05) is 19.1 Å². The van der Waals surface area contributed by atoms with Crippen LogP contribution in [0.5, 0.6) is 0 Å². The Labute approximate surface area is 171 Å². The van der Waals surface area contributed by atoms with E-state index < -0.39 is 21.7 Å². The quantitative estimate of drug-likeness (QED) is 0.749. The van der Waals surface area contributed by atoms with Gasteiger partial charge in [-0.2, -0.15) is 0 Å². The van der Waals surface area contributed by atoms with Crippen molar-refractivity contribution in [3.63, 3.8) is 0 Å². The Balaban J connectivity index is 1.99. The molecular formula is C18H26Cl2N2O4S. The van der Waals surface area contributed by atoms with E-state index in [1.54, 1.807) is 17.0 Å². The van der Waals surface area contributed by atoms with Crippen molar-refractivity contribution in [3.8, 4) is 0 Å². The highest BCUT2D eigenvalue weighted by molar-refractivity contribution is 7.88. The number of likely N-dealkylation sites (tertiary alicyclic amines) is 1. The van der Waals surface area contributed by atoms with Crippen LogP contribution in [0.1, 0.15) is 45.6 Å². The van der Waals surface area contributed by atoms with Crippen molar-refractivity contribution in [1.82, 2.24) is 9.62 Å². The Kier molecular flexibility index (Phi) is 7.41. The Morgan fingerprint density at radius 1 is 1.26 bits per heavy atom. The molecule has 1 fully saturated rings. The summed E-state index contributed by atoms with van der Waals surface area (Å²) in [6, 6.07) is 4.51. The zero-order valence-electron chi connectivity index (χ0n) is 15.8. The molecule has 152 valence electrons. The molecule has 1 aliphatic rings. The lowest BCUT2D eigenvalue weighted by atomic mass is 10.0. The minimum absolute atomic E-state index is 0.156. The summed E-state index contributed by atoms with van der Waals surface area (Å²) < 4.78 is 32.9. The first-order valence-corrected chi connectivity index (χ1v) is 11.3. The fourth-order valence-corrected chi connectivity index (χ4v) is 4.38. The van der Waals surface area contributed by atoms with Crippen molar-refractivity contribution >= 4 is 39.3 Å². The molecule has 2 rings (SSSR count). The number of nitrogens with one attached hydrogen (secondary N) is 1. The number of sulfonamides is 1. The number of hydrogen-bond donors (Lipinski definition) is 1. The first kappa shape index (κ1) is 22.3. The largest absolute Gasteiger partial charge is 0.444 e. The van der Waals surface area contributed by atoms with E-state index >= 15 is 0 Å². The number of halogens is 2. The van der Waals surface area contributed by atoms with Crippen LogP contribution in [0.15, 0.2) is 18.2 Å². The highest BCUT2D eigenvalue weighted by atomic mass is 35.5. The molecule has 0 aromatic heterocycles. The van der Waals surface area contributed by atoms with E-state index in [-0.39, 0.29) is 18.3 Å². The number of nitrogens with zero attached hydrogens (tertiary/aromatic N) is 1. The fourth-order valence-electron chi connectivity index (χ4n) is 2.90. The normalized spacial score (nSPS) is 18.4. The first-order chi connectivity index (χ1) is 12.5. The number of carbonyl (C=O) groups is 1. The van der Waals surface area contributed by atoms with E-state index in [1.807, 2.05) is 20.8 Å². The average molecular weight is 437 g/mol. The van der Waals surface area contributed by atoms with Gasteiger partial charge in [-0.1, -0.05) is 29.3 Å². The molecule has 1 heterocycles. The third kappa shape index (κ3) is 7.14. The molecule has 9 heteroatoms. The molecule has 0 spiro atoms. The minimum atomic E-state index is -3.58. The summed E-state index contributed by atoms with van der Waals surface area (Å²) >= 11 is 11.8. The molecule has 1 aromatic carbocycles. The standard InChI is InChI=1S/C18H26Cl2N2O4S/c1-18(2,3)26-17(23)22-9-5-4-6-14(22)11-21-27(24,25)12-13-7-8-15(19)16(20)10-13/h7-8,10,14,21H,4-6,9,11-12H2,1-3H3/t14-/m0/s1. The second kappa shape index (κ2) is 8.99. The second-order valence-corrected chi connectivity index (χ2v) is 10.3. The minimum Gasteiger partial charge on any atom is -0.444 e. The second-order valence-electron chi connectivity index (χ2n) is 7.68. The average Bonchev–Trinajstić information content (AvgIpc) is 2.55. The van der Waals surface area contributed by atoms with Crippen LogP contribution in [-0.2, 0) is 20.5 Å². The van der Waals surface area contributed by atoms with Crippen molar-refractivity contribution < 1.29 is 17.9 Å². The summed E-state index contributed by atoms with van der Waals surface area (Å²) in [5.74, 6) is -0.205. The summed E-state index contributed by atoms with van der Waals surface area (Å²) in [6.07, 6.45) is 2.15. The molecule has 0 saturated carbocycles. The van der Waals surface area contributed by atoms with Crippen molar-refractivity contribution in [2.45, 2.75) is 57.4 Å². The molecule has 1 amide bonds. The molecule has 1 atom stereocenters. The molecule has 6 nitrogen and oxygen atoms in total. The Morgan fingerprint density at radius 3 is 2.59 bits per heavy atom. The van der Waals surface area contributed by atoms with Gasteiger partial charge in [0.25, 0.3) is 0 Å². The highest BCUT2D eigenvalue weighted by Gasteiger charge is 2.31. The van der Waals surface area contributed by atoms with Gasteiger partial charge >= 0.3 is 6.09 Å². The Morgan fingerprint density at radius 2 is 1.96 bits per heavy atom. The third-order valence-electron chi connectivity index (χ3n) is 4.13. The monoisotopic (exact) mass is 436 g/mol. The summed E-state index contributed by atoms with van der Waals surface area (Å²) in [6.45, 7) is 6.15. The van der Waals surface area contributed by atoms with Crippen LogP contribution < -0.4 is 4.72 Å². The van der Waals surface area contributed by atoms with Gasteiger partial charge < -0.3 is 9.64 Å². The van der Waals surface area contributed by atoms with Crippen LogP contribution >= 0.6 is 23.2 Å². The van der Waals surface area contributed by atoms with Gasteiger partial charge in [0.05, 0.1) is 15.8 Å². The first-order valence-electron chi connectivity index (χ1n) is 8.88. The van der Waals surface area contributed by atoms with E-state index in [2.05, 4.69) is 4.72 Å². The molecular weight excluding hydrogens is 411 g/mol. The zero-order valence-corrected chi connectivity index (χ0v) is 18.1. The number of amides is 1. The van der Waals surface area contributed by atoms with Crippen molar-refractivity contribution in [3.05, 3.63) is 33.8 Å². The van der Waals surface area contributed by atoms with E-state index in [0.717, 1.165) is 19.3 Å². The predicted octanol–water partition coefficient (Wildman–Crippen LogP) is 4.20. The van der Waals surface area contributed by atoms with Gasteiger partial charge in [-0.3, -0.25) is 0 Å². The number of piperidine rings is 1. The molecule has 1 saturated heterocycles. The zero-order chi connectivity index (χ0) is 20.2. The van der Waals surface area contributed by atoms with Gasteiger partial charge in [0.2, 0.25) is 10.0 Å². The highest BCUT2D eigenvalue weighted by Crippen LogP contribution is 2.24. The maximum atomic E-state index is 12.4. The van der Waals surface area contributed by atoms with Gasteiger partial charge in [0.15, 0.2) is 0 Å². The number of hydrogen-bond acceptors (Lipinski definition) is 4. The van der Waals surface area contributed by atoms with Crippen molar-refractivity contribution in [2.75, 3.05) is 13.1 Å². The van der Waals surface area contributed by atoms with E-state index in [1.165, 1.54) is 6.07 Å². The smallest absolute Gasteiger partial charge is 0.410 e. The Hall–Kier alpha value is -1.02. The fraction of sp³-hybridized carbons (Fsp3) is 0.611. The van der Waals surface area contributed by atoms with Crippen LogP contribution in [0.4, 0.5) is 4.79 Å². The summed E-state index contributed by atoms with van der Waals surface area (Å²) in [7, 11) is -3.58. The lowest BCUT2D eigenvalue weighted by molar-refractivity contribution is 0.0105. The molecule has 0 aliphatic carbocycles. The Bertz CT molecular complexity index is 778. The van der Waals surface area contributed by atoms with Gasteiger partial charge in [-0.05, 0) is 57.7 Å². The van der Waals surface area contributed by atoms with Crippen LogP contribution in [0.3, 0.4) is 0 Å². The number of carbonyl (C=O) groups excluding carboxylic acids is 1. The number of ether oxygens (including phenoxy) is 1. The lowest BCUT2D eigenvalue weighted by Crippen LogP contribution is -2.50. The van der Waals surface area contributed by atoms with Gasteiger partial charge in [-0.25, -0.2) is 17.9 Å². The predicted molar refractivity (Wildman–Crippen MR) is 108 cm³/mol. The maximum Gasteiger partial charge on any atom is 0.410 e. The van der Waals surface area contributed by atoms with Gasteiger partial charge in [0.1, 0.15) is 5.60 Å². The topological polar surface area (TPSA) is 75.7 Å². The van der Waals surface area contributed by atoms with E-state index in [4.69, 9.17) is 27.9 Å². The molecule has 27 heavy (non-hydrogen) atoms. The number of benzene rings is 1. The summed E-state index contributed by atoms with van der Waals surface area (Å²) in [5, 5.41) is 0.689. The SMILES string of the molecule is CC(C)(C)OC(=O)N1CCCC[C@H]1CNS(=O)(=O)Cc1ccc(Cl)c(Cl)c1. The van der Waals surface area contributed by atoms with Gasteiger partial charge in [-0.15, -0.1) is 0 Å². The molecule has 0 unspecified atom stereocenters. The molecule has 1 aromatic rings. The van der Waals surface area contributed by atoms with Crippen molar-refractivity contribution in [1.29, 1.82) is 0 Å². The van der Waals surface area contributed by atoms with Crippen LogP contribution in [0, 0.1) is 0 Å². The van der Waals surface area contributed by atoms with E-state index in [9.17, 15) is 13.2 Å². The molecule has 1 aliphatic heterocycles. The molecule has 0 bridgehead atoms. The lowest BCUT2D eigenvalue weighted by Gasteiger charge is -2.36. The third-order valence-corrected chi connectivity index (χ3v) is 6.19. The van der Waals surface area contributed by atoms with Crippen LogP contribution in [0.2, 0.25) is 10.0 Å². The van der Waals surface area contributed by atoms with Crippen LogP contribution in [0.25, 0.3) is 0 Å². The molecule has 0 radical (unpaired) electrons. The molecule has 1 N–H and O–H groups in total. The summed E-state index contributed by atoms with van der Waals surface area (Å²) in [4.78, 5) is 14.0.